The minimum Gasteiger partial charge on any atom is -0.310 e. The fraction of sp³-hybridized carbons (Fsp3) is 0.0526. The van der Waals surface area contributed by atoms with Crippen molar-refractivity contribution in [3.8, 4) is 66.8 Å². The number of fused-ring (bicyclic) bond motifs is 3. The Kier molecular flexibility index (Phi) is 8.92. The van der Waals surface area contributed by atoms with Crippen molar-refractivity contribution in [1.29, 1.82) is 0 Å². The van der Waals surface area contributed by atoms with E-state index >= 15 is 0 Å². The molecule has 58 heavy (non-hydrogen) atoms. The Hall–Kier alpha value is -7.22. The van der Waals surface area contributed by atoms with Crippen LogP contribution in [0.5, 0.6) is 0 Å². The van der Waals surface area contributed by atoms with Crippen LogP contribution in [0.2, 0.25) is 0 Å². The maximum Gasteiger partial charge on any atom is 0.0540 e. The first-order valence-electron chi connectivity index (χ1n) is 20.2. The van der Waals surface area contributed by atoms with Gasteiger partial charge in [-0.25, -0.2) is 0 Å². The first-order valence-corrected chi connectivity index (χ1v) is 20.2. The Morgan fingerprint density at radius 2 is 0.759 bits per heavy atom. The molecule has 0 unspecified atom stereocenters. The van der Waals surface area contributed by atoms with Gasteiger partial charge in [-0.15, -0.1) is 0 Å². The third-order valence-electron chi connectivity index (χ3n) is 11.9. The van der Waals surface area contributed by atoms with Gasteiger partial charge in [0.15, 0.2) is 0 Å². The monoisotopic (exact) mass is 741 g/mol. The predicted molar refractivity (Wildman–Crippen MR) is 246 cm³/mol. The quantitative estimate of drug-likeness (QED) is 0.150. The first-order chi connectivity index (χ1) is 28.6. The van der Waals surface area contributed by atoms with Crippen molar-refractivity contribution in [3.05, 3.63) is 236 Å². The zero-order valence-corrected chi connectivity index (χ0v) is 32.8. The summed E-state index contributed by atoms with van der Waals surface area (Å²) in [4.78, 5) is 2.46. The molecule has 10 rings (SSSR count). The number of rotatable bonds is 8. The zero-order chi connectivity index (χ0) is 39.1. The summed E-state index contributed by atoms with van der Waals surface area (Å²) in [7, 11) is 0. The molecule has 0 atom stereocenters. The largest absolute Gasteiger partial charge is 0.310 e. The highest BCUT2D eigenvalue weighted by molar-refractivity contribution is 6.03. The Balaban J connectivity index is 1.22. The molecule has 0 N–H and O–H groups in total. The van der Waals surface area contributed by atoms with Gasteiger partial charge in [-0.05, 0) is 103 Å². The third kappa shape index (κ3) is 6.13. The molecule has 9 aromatic carbocycles. The number of hydrogen-bond acceptors (Lipinski definition) is 1. The molecule has 0 amide bonds. The van der Waals surface area contributed by atoms with E-state index in [2.05, 4.69) is 243 Å². The summed E-state index contributed by atoms with van der Waals surface area (Å²) in [5.41, 5.74) is 20.5. The smallest absolute Gasteiger partial charge is 0.0540 e. The highest BCUT2D eigenvalue weighted by atomic mass is 15.1. The molecule has 1 aliphatic rings. The molecule has 0 bridgehead atoms. The first kappa shape index (κ1) is 35.2. The van der Waals surface area contributed by atoms with Crippen molar-refractivity contribution in [2.45, 2.75) is 19.3 Å². The lowest BCUT2D eigenvalue weighted by Gasteiger charge is -2.30. The molecule has 0 saturated carbocycles. The maximum atomic E-state index is 2.46. The molecule has 1 aliphatic carbocycles. The molecule has 0 spiro atoms. The van der Waals surface area contributed by atoms with E-state index in [-0.39, 0.29) is 5.41 Å². The van der Waals surface area contributed by atoms with E-state index in [4.69, 9.17) is 0 Å². The van der Waals surface area contributed by atoms with Gasteiger partial charge in [0.25, 0.3) is 0 Å². The van der Waals surface area contributed by atoms with E-state index in [0.29, 0.717) is 0 Å². The molecule has 9 aromatic rings. The Labute approximate surface area is 342 Å². The number of nitrogens with zero attached hydrogens (tertiary/aromatic N) is 1. The van der Waals surface area contributed by atoms with Crippen LogP contribution < -0.4 is 4.90 Å². The van der Waals surface area contributed by atoms with Crippen LogP contribution in [-0.2, 0) is 5.41 Å². The summed E-state index contributed by atoms with van der Waals surface area (Å²) in [6.45, 7) is 4.72. The molecule has 0 radical (unpaired) electrons. The second-order valence-electron chi connectivity index (χ2n) is 15.7. The summed E-state index contributed by atoms with van der Waals surface area (Å²) >= 11 is 0. The summed E-state index contributed by atoms with van der Waals surface area (Å²) < 4.78 is 0. The SMILES string of the molecule is CC1(C)c2ccccc2-c2ccc(N(c3ccc(-c4ccccc4)cc3)c3ccccc3-c3cccc(-c4ccccc4)c3-c3ccccc3-c3ccccc3)cc21. The minimum atomic E-state index is -0.136. The zero-order valence-electron chi connectivity index (χ0n) is 32.8. The second-order valence-corrected chi connectivity index (χ2v) is 15.7. The standard InChI is InChI=1S/C57H43N/c1-57(2)53-31-16-14-26-48(53)49-38-37-45(39-54(49)57)58(44-35-33-41(34-36-44)40-19-6-3-7-20-40)55-32-17-15-27-50(55)52-30-18-29-47(43-23-10-5-11-24-43)56(52)51-28-13-12-25-46(51)42-21-8-4-9-22-42/h3-39H,1-2H3. The molecule has 0 heterocycles. The molecule has 276 valence electrons. The van der Waals surface area contributed by atoms with Gasteiger partial charge in [-0.1, -0.05) is 208 Å². The van der Waals surface area contributed by atoms with Crippen molar-refractivity contribution in [1.82, 2.24) is 0 Å². The lowest BCUT2D eigenvalue weighted by atomic mass is 9.82. The molecular formula is C57H43N. The van der Waals surface area contributed by atoms with Gasteiger partial charge < -0.3 is 4.90 Å². The highest BCUT2D eigenvalue weighted by Crippen LogP contribution is 2.52. The molecular weight excluding hydrogens is 699 g/mol. The van der Waals surface area contributed by atoms with E-state index in [1.165, 1.54) is 72.3 Å². The van der Waals surface area contributed by atoms with Gasteiger partial charge in [0.1, 0.15) is 0 Å². The van der Waals surface area contributed by atoms with Gasteiger partial charge >= 0.3 is 0 Å². The van der Waals surface area contributed by atoms with Gasteiger partial charge in [0.05, 0.1) is 5.69 Å². The number of benzene rings is 9. The van der Waals surface area contributed by atoms with Crippen LogP contribution in [0.15, 0.2) is 224 Å². The lowest BCUT2D eigenvalue weighted by molar-refractivity contribution is 0.660. The van der Waals surface area contributed by atoms with Crippen molar-refractivity contribution >= 4 is 17.1 Å². The predicted octanol–water partition coefficient (Wildman–Crippen LogP) is 15.8. The number of para-hydroxylation sites is 1. The van der Waals surface area contributed by atoms with Crippen LogP contribution in [0.3, 0.4) is 0 Å². The summed E-state index contributed by atoms with van der Waals surface area (Å²) in [5.74, 6) is 0. The van der Waals surface area contributed by atoms with Crippen molar-refractivity contribution in [3.63, 3.8) is 0 Å². The van der Waals surface area contributed by atoms with Crippen LogP contribution in [0.4, 0.5) is 17.1 Å². The van der Waals surface area contributed by atoms with Gasteiger partial charge in [0.2, 0.25) is 0 Å². The highest BCUT2D eigenvalue weighted by Gasteiger charge is 2.36. The van der Waals surface area contributed by atoms with Crippen molar-refractivity contribution in [2.24, 2.45) is 0 Å². The van der Waals surface area contributed by atoms with Crippen LogP contribution >= 0.6 is 0 Å². The van der Waals surface area contributed by atoms with Crippen LogP contribution in [0.1, 0.15) is 25.0 Å². The Bertz CT molecular complexity index is 2890. The molecule has 0 saturated heterocycles. The van der Waals surface area contributed by atoms with E-state index in [0.717, 1.165) is 22.6 Å². The van der Waals surface area contributed by atoms with E-state index in [1.807, 2.05) is 0 Å². The van der Waals surface area contributed by atoms with E-state index in [9.17, 15) is 0 Å². The van der Waals surface area contributed by atoms with Crippen LogP contribution in [-0.4, -0.2) is 0 Å². The molecule has 1 nitrogen and oxygen atoms in total. The van der Waals surface area contributed by atoms with Gasteiger partial charge in [-0.2, -0.15) is 0 Å². The normalized spacial score (nSPS) is 12.4. The summed E-state index contributed by atoms with van der Waals surface area (Å²) in [5, 5.41) is 0. The lowest BCUT2D eigenvalue weighted by Crippen LogP contribution is -2.17. The van der Waals surface area contributed by atoms with Gasteiger partial charge in [-0.3, -0.25) is 0 Å². The third-order valence-corrected chi connectivity index (χ3v) is 11.9. The maximum absolute atomic E-state index is 2.46. The van der Waals surface area contributed by atoms with Crippen molar-refractivity contribution in [2.75, 3.05) is 4.90 Å². The average Bonchev–Trinajstić information content (AvgIpc) is 3.52. The second kappa shape index (κ2) is 14.7. The fourth-order valence-electron chi connectivity index (χ4n) is 9.08. The van der Waals surface area contributed by atoms with Gasteiger partial charge in [0, 0.05) is 22.4 Å². The molecule has 1 heteroatoms. The molecule has 0 aromatic heterocycles. The van der Waals surface area contributed by atoms with Crippen LogP contribution in [0, 0.1) is 0 Å². The number of anilines is 3. The Morgan fingerprint density at radius 1 is 0.293 bits per heavy atom. The van der Waals surface area contributed by atoms with Crippen molar-refractivity contribution < 1.29 is 0 Å². The fourth-order valence-corrected chi connectivity index (χ4v) is 9.08. The molecule has 0 aliphatic heterocycles. The minimum absolute atomic E-state index is 0.136. The summed E-state index contributed by atoms with van der Waals surface area (Å²) in [6.07, 6.45) is 0. The molecule has 0 fully saturated rings. The number of hydrogen-bond donors (Lipinski definition) is 0. The van der Waals surface area contributed by atoms with Crippen LogP contribution in [0.25, 0.3) is 66.8 Å². The van der Waals surface area contributed by atoms with E-state index < -0.39 is 0 Å². The van der Waals surface area contributed by atoms with E-state index in [1.54, 1.807) is 0 Å². The summed E-state index contributed by atoms with van der Waals surface area (Å²) in [6, 6.07) is 81.9. The Morgan fingerprint density at radius 3 is 1.45 bits per heavy atom. The average molecular weight is 742 g/mol. The topological polar surface area (TPSA) is 3.24 Å².